The van der Waals surface area contributed by atoms with Crippen LogP contribution in [0.2, 0.25) is 5.02 Å². The molecule has 2 aliphatic rings. The standard InChI is InChI=1S/C36H35ClFN3O5/c1-40-23-36(16-26(17-36)21-45-20-24-9-4-2-5-10-24)41-19-28(35(44)39-18-27-13-8-14-29(37)32(27)38)33(43)34(30(41)15-31(40)42)46-22-25-11-6-3-7-12-25/h2-14,19,26H,15-18,20-23H2,1H3,(H,39,44). The molecule has 8 nitrogen and oxygen atoms in total. The molecule has 0 atom stereocenters. The summed E-state index contributed by atoms with van der Waals surface area (Å²) in [7, 11) is 1.76. The maximum absolute atomic E-state index is 14.6. The Morgan fingerprint density at radius 2 is 1.65 bits per heavy atom. The summed E-state index contributed by atoms with van der Waals surface area (Å²) in [6.45, 7) is 1.36. The third kappa shape index (κ3) is 6.57. The second kappa shape index (κ2) is 13.5. The lowest BCUT2D eigenvalue weighted by Crippen LogP contribution is -2.54. The Hall–Kier alpha value is -4.47. The second-order valence-electron chi connectivity index (χ2n) is 12.1. The lowest BCUT2D eigenvalue weighted by atomic mass is 9.67. The fourth-order valence-electron chi connectivity index (χ4n) is 6.47. The maximum atomic E-state index is 14.6. The highest BCUT2D eigenvalue weighted by molar-refractivity contribution is 6.30. The van der Waals surface area contributed by atoms with Crippen LogP contribution < -0.4 is 15.5 Å². The van der Waals surface area contributed by atoms with Crippen molar-refractivity contribution < 1.29 is 23.5 Å². The molecule has 1 spiro atoms. The molecule has 0 unspecified atom stereocenters. The number of aromatic nitrogens is 1. The number of carbonyl (C=O) groups is 2. The van der Waals surface area contributed by atoms with Crippen molar-refractivity contribution >= 4 is 23.4 Å². The van der Waals surface area contributed by atoms with Gasteiger partial charge in [-0.05, 0) is 36.0 Å². The number of nitrogens with one attached hydrogen (secondary N) is 1. The molecule has 1 aliphatic heterocycles. The topological polar surface area (TPSA) is 89.9 Å². The first-order valence-corrected chi connectivity index (χ1v) is 15.6. The largest absolute Gasteiger partial charge is 0.483 e. The van der Waals surface area contributed by atoms with Gasteiger partial charge in [0.1, 0.15) is 18.0 Å². The van der Waals surface area contributed by atoms with E-state index in [4.69, 9.17) is 21.1 Å². The molecule has 1 saturated carbocycles. The number of hydrogen-bond acceptors (Lipinski definition) is 5. The van der Waals surface area contributed by atoms with E-state index in [0.717, 1.165) is 11.1 Å². The van der Waals surface area contributed by atoms with Crippen molar-refractivity contribution in [3.63, 3.8) is 0 Å². The van der Waals surface area contributed by atoms with E-state index in [9.17, 15) is 18.8 Å². The number of amides is 2. The van der Waals surface area contributed by atoms with Gasteiger partial charge in [0.25, 0.3) is 5.91 Å². The monoisotopic (exact) mass is 643 g/mol. The highest BCUT2D eigenvalue weighted by Gasteiger charge is 2.50. The third-order valence-electron chi connectivity index (χ3n) is 8.79. The summed E-state index contributed by atoms with van der Waals surface area (Å²) >= 11 is 5.93. The summed E-state index contributed by atoms with van der Waals surface area (Å²) in [6.07, 6.45) is 2.86. The summed E-state index contributed by atoms with van der Waals surface area (Å²) in [5, 5.41) is 2.62. The van der Waals surface area contributed by atoms with Gasteiger partial charge in [0.15, 0.2) is 5.75 Å². The summed E-state index contributed by atoms with van der Waals surface area (Å²) in [5.41, 5.74) is 1.22. The van der Waals surface area contributed by atoms with E-state index < -0.39 is 22.7 Å². The van der Waals surface area contributed by atoms with Gasteiger partial charge in [-0.25, -0.2) is 4.39 Å². The summed E-state index contributed by atoms with van der Waals surface area (Å²) in [4.78, 5) is 42.5. The fourth-order valence-corrected chi connectivity index (χ4v) is 6.67. The van der Waals surface area contributed by atoms with Gasteiger partial charge in [0.05, 0.1) is 35.9 Å². The first-order chi connectivity index (χ1) is 22.2. The Morgan fingerprint density at radius 3 is 2.35 bits per heavy atom. The molecule has 2 amide bonds. The van der Waals surface area contributed by atoms with Gasteiger partial charge < -0.3 is 24.3 Å². The molecule has 2 heterocycles. The average Bonchev–Trinajstić information content (AvgIpc) is 3.15. The zero-order valence-corrected chi connectivity index (χ0v) is 26.3. The summed E-state index contributed by atoms with van der Waals surface area (Å²) in [6, 6.07) is 23.9. The first kappa shape index (κ1) is 31.5. The molecular weight excluding hydrogens is 609 g/mol. The minimum atomic E-state index is -0.676. The molecule has 3 aromatic carbocycles. The zero-order valence-electron chi connectivity index (χ0n) is 25.5. The number of hydrogen-bond donors (Lipinski definition) is 1. The number of likely N-dealkylation sites (N-methyl/N-ethyl adjacent to an activating group) is 1. The lowest BCUT2D eigenvalue weighted by Gasteiger charge is -2.50. The molecule has 6 rings (SSSR count). The molecule has 0 saturated heterocycles. The van der Waals surface area contributed by atoms with Gasteiger partial charge in [0, 0.05) is 31.9 Å². The van der Waals surface area contributed by atoms with Gasteiger partial charge >= 0.3 is 0 Å². The van der Waals surface area contributed by atoms with Crippen LogP contribution in [0.15, 0.2) is 89.9 Å². The van der Waals surface area contributed by atoms with Crippen LogP contribution in [0.25, 0.3) is 0 Å². The van der Waals surface area contributed by atoms with Crippen molar-refractivity contribution in [3.8, 4) is 5.75 Å². The minimum Gasteiger partial charge on any atom is -0.483 e. The van der Waals surface area contributed by atoms with E-state index >= 15 is 0 Å². The molecule has 0 radical (unpaired) electrons. The molecule has 1 aliphatic carbocycles. The average molecular weight is 644 g/mol. The number of carbonyl (C=O) groups excluding carboxylic acids is 2. The molecular formula is C36H35ClFN3O5. The highest BCUT2D eigenvalue weighted by Crippen LogP contribution is 2.47. The number of halogens is 2. The number of benzene rings is 3. The van der Waals surface area contributed by atoms with Gasteiger partial charge in [0.2, 0.25) is 11.3 Å². The molecule has 1 N–H and O–H groups in total. The Bertz CT molecular complexity index is 1790. The van der Waals surface area contributed by atoms with E-state index in [1.807, 2.05) is 65.2 Å². The van der Waals surface area contributed by atoms with Gasteiger partial charge in [-0.3, -0.25) is 14.4 Å². The predicted octanol–water partition coefficient (Wildman–Crippen LogP) is 5.49. The van der Waals surface area contributed by atoms with Crippen LogP contribution in [0.5, 0.6) is 5.75 Å². The quantitative estimate of drug-likeness (QED) is 0.247. The number of pyridine rings is 1. The molecule has 1 fully saturated rings. The Labute approximate surface area is 271 Å². The van der Waals surface area contributed by atoms with E-state index in [1.54, 1.807) is 24.2 Å². The molecule has 238 valence electrons. The van der Waals surface area contributed by atoms with Crippen molar-refractivity contribution in [1.82, 2.24) is 14.8 Å². The van der Waals surface area contributed by atoms with Crippen molar-refractivity contribution in [3.05, 3.63) is 134 Å². The summed E-state index contributed by atoms with van der Waals surface area (Å²) < 4.78 is 28.7. The van der Waals surface area contributed by atoms with E-state index in [-0.39, 0.29) is 53.3 Å². The molecule has 0 bridgehead atoms. The number of nitrogens with zero attached hydrogens (tertiary/aromatic N) is 2. The molecule has 4 aromatic rings. The second-order valence-corrected chi connectivity index (χ2v) is 12.5. The third-order valence-corrected chi connectivity index (χ3v) is 9.08. The maximum Gasteiger partial charge on any atom is 0.257 e. The number of fused-ring (bicyclic) bond motifs is 2. The number of rotatable bonds is 10. The van der Waals surface area contributed by atoms with Crippen molar-refractivity contribution in [2.75, 3.05) is 20.2 Å². The summed E-state index contributed by atoms with van der Waals surface area (Å²) in [5.74, 6) is -1.27. The van der Waals surface area contributed by atoms with Crippen LogP contribution in [0.1, 0.15) is 45.6 Å². The smallest absolute Gasteiger partial charge is 0.257 e. The minimum absolute atomic E-state index is 0.0303. The number of ether oxygens (including phenoxy) is 2. The van der Waals surface area contributed by atoms with E-state index in [1.165, 1.54) is 12.1 Å². The van der Waals surface area contributed by atoms with E-state index in [2.05, 4.69) is 5.32 Å². The van der Waals surface area contributed by atoms with Crippen LogP contribution in [-0.2, 0) is 41.2 Å². The van der Waals surface area contributed by atoms with Crippen LogP contribution >= 0.6 is 11.6 Å². The molecule has 10 heteroatoms. The zero-order chi connectivity index (χ0) is 32.3. The predicted molar refractivity (Wildman–Crippen MR) is 172 cm³/mol. The van der Waals surface area contributed by atoms with Crippen LogP contribution in [-0.4, -0.2) is 41.5 Å². The first-order valence-electron chi connectivity index (χ1n) is 15.3. The van der Waals surface area contributed by atoms with Crippen molar-refractivity contribution in [2.24, 2.45) is 5.92 Å². The van der Waals surface area contributed by atoms with Gasteiger partial charge in [-0.15, -0.1) is 0 Å². The Balaban J connectivity index is 1.32. The van der Waals surface area contributed by atoms with Crippen molar-refractivity contribution in [2.45, 2.75) is 44.6 Å². The Morgan fingerprint density at radius 1 is 0.978 bits per heavy atom. The highest BCUT2D eigenvalue weighted by atomic mass is 35.5. The normalized spacial score (nSPS) is 18.9. The van der Waals surface area contributed by atoms with Gasteiger partial charge in [-0.2, -0.15) is 0 Å². The van der Waals surface area contributed by atoms with E-state index in [0.29, 0.717) is 38.3 Å². The van der Waals surface area contributed by atoms with Gasteiger partial charge in [-0.1, -0.05) is 84.4 Å². The van der Waals surface area contributed by atoms with Crippen molar-refractivity contribution in [1.29, 1.82) is 0 Å². The fraction of sp³-hybridized carbons (Fsp3) is 0.306. The van der Waals surface area contributed by atoms with Crippen LogP contribution in [0.4, 0.5) is 4.39 Å². The SMILES string of the molecule is CN1CC2(CC(COCc3ccccc3)C2)n2cc(C(=O)NCc3cccc(Cl)c3F)c(=O)c(OCc3ccccc3)c2CC1=O. The Kier molecular flexibility index (Phi) is 9.24. The lowest BCUT2D eigenvalue weighted by molar-refractivity contribution is -0.131. The molecule has 1 aromatic heterocycles. The van der Waals surface area contributed by atoms with Crippen LogP contribution in [0, 0.1) is 11.7 Å². The molecule has 46 heavy (non-hydrogen) atoms. The van der Waals surface area contributed by atoms with Crippen LogP contribution in [0.3, 0.4) is 0 Å².